The van der Waals surface area contributed by atoms with Gasteiger partial charge in [-0.15, -0.1) is 0 Å². The highest BCUT2D eigenvalue weighted by Gasteiger charge is 2.13. The molecule has 0 amide bonds. The maximum absolute atomic E-state index is 3.33. The number of benzene rings is 1. The van der Waals surface area contributed by atoms with Gasteiger partial charge in [-0.25, -0.2) is 0 Å². The number of aromatic amines is 1. The molecule has 0 aliphatic rings. The Kier molecular flexibility index (Phi) is 4.07. The van der Waals surface area contributed by atoms with Gasteiger partial charge in [0.05, 0.1) is 0 Å². The number of nitrogens with one attached hydrogen (secondary N) is 1. The van der Waals surface area contributed by atoms with E-state index in [2.05, 4.69) is 55.9 Å². The van der Waals surface area contributed by atoms with Crippen molar-refractivity contribution in [2.45, 2.75) is 46.2 Å². The van der Waals surface area contributed by atoms with Gasteiger partial charge in [0.25, 0.3) is 0 Å². The van der Waals surface area contributed by atoms with Crippen molar-refractivity contribution >= 4 is 10.9 Å². The zero-order valence-electron chi connectivity index (χ0n) is 11.8. The average molecular weight is 243 g/mol. The van der Waals surface area contributed by atoms with Crippen LogP contribution in [0.5, 0.6) is 0 Å². The third-order valence-electron chi connectivity index (χ3n) is 3.55. The molecule has 0 fully saturated rings. The largest absolute Gasteiger partial charge is 0.361 e. The molecule has 2 heteroatoms. The van der Waals surface area contributed by atoms with Gasteiger partial charge in [-0.2, -0.15) is 0 Å². The Labute approximate surface area is 110 Å². The third-order valence-corrected chi connectivity index (χ3v) is 3.55. The van der Waals surface area contributed by atoms with E-state index in [-0.39, 0.29) is 0 Å². The van der Waals surface area contributed by atoms with Crippen LogP contribution in [0.1, 0.15) is 33.3 Å². The maximum atomic E-state index is 3.33. The van der Waals surface area contributed by atoms with E-state index in [1.807, 2.05) is 12.1 Å². The van der Waals surface area contributed by atoms with Crippen LogP contribution in [0.3, 0.4) is 0 Å². The first-order chi connectivity index (χ1) is 8.59. The molecule has 0 unspecified atom stereocenters. The van der Waals surface area contributed by atoms with Gasteiger partial charge in [-0.05, 0) is 51.8 Å². The summed E-state index contributed by atoms with van der Waals surface area (Å²) in [6.45, 7) is 10.2. The van der Waals surface area contributed by atoms with Crippen molar-refractivity contribution < 1.29 is 0 Å². The molecule has 97 valence electrons. The topological polar surface area (TPSA) is 19.0 Å². The van der Waals surface area contributed by atoms with Gasteiger partial charge in [-0.3, -0.25) is 4.90 Å². The summed E-state index contributed by atoms with van der Waals surface area (Å²) >= 11 is 0. The van der Waals surface area contributed by atoms with Gasteiger partial charge in [0, 0.05) is 35.7 Å². The highest BCUT2D eigenvalue weighted by molar-refractivity contribution is 5.82. The van der Waals surface area contributed by atoms with Crippen LogP contribution in [0.2, 0.25) is 0 Å². The molecular weight excluding hydrogens is 220 g/mol. The molecule has 0 saturated carbocycles. The zero-order valence-corrected chi connectivity index (χ0v) is 11.8. The van der Waals surface area contributed by atoms with Gasteiger partial charge in [0.2, 0.25) is 0 Å². The highest BCUT2D eigenvalue weighted by Crippen LogP contribution is 2.18. The Morgan fingerprint density at radius 3 is 2.61 bits per heavy atom. The SMILES string of the molecule is CC(C)N(CCc1c[nH]c2ccc[c]c12)C(C)C. The summed E-state index contributed by atoms with van der Waals surface area (Å²) in [5, 5.41) is 1.24. The standard InChI is InChI=1S/C16H23N2/c1-12(2)18(13(3)4)10-9-14-11-17-16-8-6-5-7-15(14)16/h5-6,8,11-13,17H,9-10H2,1-4H3. The first kappa shape index (κ1) is 13.2. The Hall–Kier alpha value is -1.28. The number of hydrogen-bond donors (Lipinski definition) is 1. The average Bonchev–Trinajstić information content (AvgIpc) is 2.72. The van der Waals surface area contributed by atoms with Crippen LogP contribution in [-0.2, 0) is 6.42 Å². The Morgan fingerprint density at radius 2 is 1.94 bits per heavy atom. The number of rotatable bonds is 5. The fourth-order valence-corrected chi connectivity index (χ4v) is 2.62. The lowest BCUT2D eigenvalue weighted by molar-refractivity contribution is 0.177. The number of H-pyrrole nitrogens is 1. The molecule has 0 aliphatic carbocycles. The molecule has 0 aliphatic heterocycles. The van der Waals surface area contributed by atoms with Gasteiger partial charge >= 0.3 is 0 Å². The summed E-state index contributed by atoms with van der Waals surface area (Å²) in [5.41, 5.74) is 2.56. The minimum atomic E-state index is 0.596. The number of aromatic nitrogens is 1. The van der Waals surface area contributed by atoms with E-state index >= 15 is 0 Å². The molecule has 2 nitrogen and oxygen atoms in total. The van der Waals surface area contributed by atoms with Crippen molar-refractivity contribution in [3.8, 4) is 0 Å². The Balaban J connectivity index is 2.10. The molecule has 0 atom stereocenters. The minimum absolute atomic E-state index is 0.596. The number of nitrogens with zero attached hydrogens (tertiary/aromatic N) is 1. The second-order valence-electron chi connectivity index (χ2n) is 5.45. The van der Waals surface area contributed by atoms with E-state index < -0.39 is 0 Å². The van der Waals surface area contributed by atoms with Gasteiger partial charge in [0.1, 0.15) is 0 Å². The van der Waals surface area contributed by atoms with Gasteiger partial charge in [0.15, 0.2) is 0 Å². The molecule has 1 radical (unpaired) electrons. The van der Waals surface area contributed by atoms with E-state index in [1.54, 1.807) is 0 Å². The van der Waals surface area contributed by atoms with Crippen molar-refractivity contribution in [3.05, 3.63) is 36.0 Å². The smallest absolute Gasteiger partial charge is 0.0463 e. The summed E-state index contributed by atoms with van der Waals surface area (Å²) in [6, 6.07) is 10.6. The van der Waals surface area contributed by atoms with Crippen LogP contribution in [-0.4, -0.2) is 28.5 Å². The molecule has 1 heterocycles. The second-order valence-corrected chi connectivity index (χ2v) is 5.45. The predicted molar refractivity (Wildman–Crippen MR) is 77.8 cm³/mol. The van der Waals surface area contributed by atoms with Crippen LogP contribution >= 0.6 is 0 Å². The van der Waals surface area contributed by atoms with E-state index in [9.17, 15) is 0 Å². The van der Waals surface area contributed by atoms with Crippen LogP contribution < -0.4 is 0 Å². The summed E-state index contributed by atoms with van der Waals surface area (Å²) in [7, 11) is 0. The van der Waals surface area contributed by atoms with E-state index in [4.69, 9.17) is 0 Å². The molecule has 0 saturated heterocycles. The summed E-state index contributed by atoms with van der Waals surface area (Å²) in [4.78, 5) is 5.85. The fraction of sp³-hybridized carbons (Fsp3) is 0.500. The van der Waals surface area contributed by atoms with E-state index in [0.29, 0.717) is 12.1 Å². The van der Waals surface area contributed by atoms with Gasteiger partial charge < -0.3 is 4.98 Å². The van der Waals surface area contributed by atoms with Crippen LogP contribution in [0.4, 0.5) is 0 Å². The monoisotopic (exact) mass is 243 g/mol. The zero-order chi connectivity index (χ0) is 13.1. The lowest BCUT2D eigenvalue weighted by Crippen LogP contribution is -2.38. The first-order valence-corrected chi connectivity index (χ1v) is 6.82. The van der Waals surface area contributed by atoms with Crippen molar-refractivity contribution in [3.63, 3.8) is 0 Å². The summed E-state index contributed by atoms with van der Waals surface area (Å²) in [5.74, 6) is 0. The molecule has 0 spiro atoms. The predicted octanol–water partition coefficient (Wildman–Crippen LogP) is 3.63. The highest BCUT2D eigenvalue weighted by atomic mass is 15.2. The molecule has 2 aromatic rings. The van der Waals surface area contributed by atoms with Crippen molar-refractivity contribution in [2.24, 2.45) is 0 Å². The molecule has 0 bridgehead atoms. The molecule has 2 rings (SSSR count). The first-order valence-electron chi connectivity index (χ1n) is 6.82. The normalized spacial score (nSPS) is 12.2. The fourth-order valence-electron chi connectivity index (χ4n) is 2.62. The third kappa shape index (κ3) is 2.75. The van der Waals surface area contributed by atoms with Crippen molar-refractivity contribution in [2.75, 3.05) is 6.54 Å². The maximum Gasteiger partial charge on any atom is 0.0463 e. The van der Waals surface area contributed by atoms with Crippen LogP contribution in [0.15, 0.2) is 24.4 Å². The summed E-state index contributed by atoms with van der Waals surface area (Å²) < 4.78 is 0. The number of fused-ring (bicyclic) bond motifs is 1. The lowest BCUT2D eigenvalue weighted by Gasteiger charge is -2.30. The molecule has 1 N–H and O–H groups in total. The van der Waals surface area contributed by atoms with E-state index in [1.165, 1.54) is 16.5 Å². The quantitative estimate of drug-likeness (QED) is 0.849. The number of hydrogen-bond acceptors (Lipinski definition) is 1. The molecular formula is C16H23N2. The van der Waals surface area contributed by atoms with Crippen LogP contribution in [0, 0.1) is 6.07 Å². The summed E-state index contributed by atoms with van der Waals surface area (Å²) in [6.07, 6.45) is 3.21. The van der Waals surface area contributed by atoms with Crippen molar-refractivity contribution in [1.29, 1.82) is 0 Å². The molecule has 1 aromatic carbocycles. The Bertz CT molecular complexity index is 489. The molecule has 1 aromatic heterocycles. The van der Waals surface area contributed by atoms with Gasteiger partial charge in [-0.1, -0.05) is 12.1 Å². The second kappa shape index (κ2) is 5.57. The lowest BCUT2D eigenvalue weighted by atomic mass is 10.1. The molecule has 18 heavy (non-hydrogen) atoms. The Morgan fingerprint density at radius 1 is 1.22 bits per heavy atom. The minimum Gasteiger partial charge on any atom is -0.361 e. The van der Waals surface area contributed by atoms with E-state index in [0.717, 1.165) is 13.0 Å². The van der Waals surface area contributed by atoms with Crippen LogP contribution in [0.25, 0.3) is 10.9 Å². The van der Waals surface area contributed by atoms with Crippen molar-refractivity contribution in [1.82, 2.24) is 9.88 Å².